The standard InChI is InChI=1S/C16H15NOS/c1-19-15-10-6-5-9-13(15)16-17-14(11-18-16)12-7-3-2-4-8-12/h2-10,14H,11H2,1H3/t14-/m1/s1. The number of rotatable bonds is 3. The molecule has 0 bridgehead atoms. The first-order valence-corrected chi connectivity index (χ1v) is 7.50. The number of thioether (sulfide) groups is 1. The third kappa shape index (κ3) is 2.51. The van der Waals surface area contributed by atoms with Crippen molar-refractivity contribution < 1.29 is 4.74 Å². The molecular formula is C16H15NOS. The van der Waals surface area contributed by atoms with Gasteiger partial charge in [-0.15, -0.1) is 11.8 Å². The smallest absolute Gasteiger partial charge is 0.218 e. The average Bonchev–Trinajstić information content (AvgIpc) is 2.98. The summed E-state index contributed by atoms with van der Waals surface area (Å²) in [5.74, 6) is 0.763. The Kier molecular flexibility index (Phi) is 3.56. The number of hydrogen-bond donors (Lipinski definition) is 0. The Bertz CT molecular complexity index is 595. The van der Waals surface area contributed by atoms with Crippen molar-refractivity contribution >= 4 is 17.7 Å². The molecule has 0 radical (unpaired) electrons. The monoisotopic (exact) mass is 269 g/mol. The summed E-state index contributed by atoms with van der Waals surface area (Å²) in [7, 11) is 0. The molecule has 0 amide bonds. The van der Waals surface area contributed by atoms with E-state index in [9.17, 15) is 0 Å². The van der Waals surface area contributed by atoms with E-state index >= 15 is 0 Å². The Morgan fingerprint density at radius 1 is 1.05 bits per heavy atom. The highest BCUT2D eigenvalue weighted by Gasteiger charge is 2.22. The van der Waals surface area contributed by atoms with E-state index in [0.29, 0.717) is 6.61 Å². The van der Waals surface area contributed by atoms with Gasteiger partial charge in [0.2, 0.25) is 5.90 Å². The zero-order valence-electron chi connectivity index (χ0n) is 10.7. The van der Waals surface area contributed by atoms with Gasteiger partial charge in [0.15, 0.2) is 0 Å². The molecule has 0 fully saturated rings. The van der Waals surface area contributed by atoms with E-state index in [-0.39, 0.29) is 6.04 Å². The van der Waals surface area contributed by atoms with Crippen LogP contribution in [0.2, 0.25) is 0 Å². The third-order valence-electron chi connectivity index (χ3n) is 3.17. The van der Waals surface area contributed by atoms with Crippen LogP contribution in [0.15, 0.2) is 64.5 Å². The van der Waals surface area contributed by atoms with Crippen molar-refractivity contribution in [2.45, 2.75) is 10.9 Å². The van der Waals surface area contributed by atoms with E-state index in [1.807, 2.05) is 30.3 Å². The largest absolute Gasteiger partial charge is 0.475 e. The Labute approximate surface area is 117 Å². The van der Waals surface area contributed by atoms with E-state index in [0.717, 1.165) is 11.5 Å². The molecule has 0 aromatic heterocycles. The summed E-state index contributed by atoms with van der Waals surface area (Å²) in [6.07, 6.45) is 2.07. The van der Waals surface area contributed by atoms with Gasteiger partial charge in [0, 0.05) is 10.5 Å². The van der Waals surface area contributed by atoms with Gasteiger partial charge < -0.3 is 4.74 Å². The van der Waals surface area contributed by atoms with Crippen LogP contribution in [0.3, 0.4) is 0 Å². The first-order chi connectivity index (χ1) is 9.38. The van der Waals surface area contributed by atoms with Crippen LogP contribution >= 0.6 is 11.8 Å². The molecule has 0 unspecified atom stereocenters. The summed E-state index contributed by atoms with van der Waals surface area (Å²) < 4.78 is 5.79. The Balaban J connectivity index is 1.91. The fourth-order valence-electron chi connectivity index (χ4n) is 2.19. The van der Waals surface area contributed by atoms with Crippen molar-refractivity contribution in [1.82, 2.24) is 0 Å². The number of benzene rings is 2. The van der Waals surface area contributed by atoms with Gasteiger partial charge in [-0.25, -0.2) is 4.99 Å². The van der Waals surface area contributed by atoms with Gasteiger partial charge in [-0.1, -0.05) is 42.5 Å². The normalized spacial score (nSPS) is 17.9. The Morgan fingerprint density at radius 3 is 2.58 bits per heavy atom. The first kappa shape index (κ1) is 12.3. The Morgan fingerprint density at radius 2 is 1.79 bits per heavy atom. The van der Waals surface area contributed by atoms with Gasteiger partial charge in [-0.3, -0.25) is 0 Å². The van der Waals surface area contributed by atoms with Gasteiger partial charge in [0.05, 0.1) is 0 Å². The van der Waals surface area contributed by atoms with Crippen LogP contribution in [0.4, 0.5) is 0 Å². The summed E-state index contributed by atoms with van der Waals surface area (Å²) in [5.41, 5.74) is 2.30. The Hall–Kier alpha value is -1.74. The molecule has 3 rings (SSSR count). The lowest BCUT2D eigenvalue weighted by Gasteiger charge is -2.05. The molecule has 2 aromatic rings. The fraction of sp³-hybridized carbons (Fsp3) is 0.188. The highest BCUT2D eigenvalue weighted by Crippen LogP contribution is 2.28. The minimum Gasteiger partial charge on any atom is -0.475 e. The second-order valence-electron chi connectivity index (χ2n) is 4.37. The molecular weight excluding hydrogens is 254 g/mol. The zero-order valence-corrected chi connectivity index (χ0v) is 11.6. The van der Waals surface area contributed by atoms with Crippen LogP contribution in [0.1, 0.15) is 17.2 Å². The van der Waals surface area contributed by atoms with Crippen LogP contribution in [-0.2, 0) is 4.74 Å². The van der Waals surface area contributed by atoms with Crippen LogP contribution in [0.5, 0.6) is 0 Å². The lowest BCUT2D eigenvalue weighted by Crippen LogP contribution is -2.02. The summed E-state index contributed by atoms with van der Waals surface area (Å²) in [6.45, 7) is 0.627. The van der Waals surface area contributed by atoms with Crippen molar-refractivity contribution in [3.05, 3.63) is 65.7 Å². The van der Waals surface area contributed by atoms with Gasteiger partial charge in [0.25, 0.3) is 0 Å². The van der Waals surface area contributed by atoms with Crippen LogP contribution in [-0.4, -0.2) is 18.8 Å². The summed E-state index contributed by atoms with van der Waals surface area (Å²) >= 11 is 1.72. The maximum Gasteiger partial charge on any atom is 0.218 e. The molecule has 0 aliphatic carbocycles. The van der Waals surface area contributed by atoms with Crippen molar-refractivity contribution in [1.29, 1.82) is 0 Å². The van der Waals surface area contributed by atoms with Crippen molar-refractivity contribution in [2.75, 3.05) is 12.9 Å². The fourth-order valence-corrected chi connectivity index (χ4v) is 2.78. The highest BCUT2D eigenvalue weighted by molar-refractivity contribution is 7.98. The molecule has 19 heavy (non-hydrogen) atoms. The predicted molar refractivity (Wildman–Crippen MR) is 79.9 cm³/mol. The number of aliphatic imine (C=N–C) groups is 1. The first-order valence-electron chi connectivity index (χ1n) is 6.27. The van der Waals surface area contributed by atoms with Crippen LogP contribution in [0.25, 0.3) is 0 Å². The van der Waals surface area contributed by atoms with Gasteiger partial charge in [-0.05, 0) is 24.0 Å². The predicted octanol–water partition coefficient (Wildman–Crippen LogP) is 3.93. The van der Waals surface area contributed by atoms with Crippen molar-refractivity contribution in [3.63, 3.8) is 0 Å². The topological polar surface area (TPSA) is 21.6 Å². The van der Waals surface area contributed by atoms with Crippen LogP contribution < -0.4 is 0 Å². The number of nitrogens with zero attached hydrogens (tertiary/aromatic N) is 1. The van der Waals surface area contributed by atoms with Gasteiger partial charge in [-0.2, -0.15) is 0 Å². The van der Waals surface area contributed by atoms with E-state index in [2.05, 4.69) is 30.5 Å². The summed E-state index contributed by atoms with van der Waals surface area (Å²) in [4.78, 5) is 5.92. The van der Waals surface area contributed by atoms with Gasteiger partial charge >= 0.3 is 0 Å². The molecule has 1 aliphatic heterocycles. The molecule has 3 heteroatoms. The summed E-state index contributed by atoms with van der Waals surface area (Å²) in [6, 6.07) is 18.6. The molecule has 0 saturated carbocycles. The zero-order chi connectivity index (χ0) is 13.1. The number of hydrogen-bond acceptors (Lipinski definition) is 3. The SMILES string of the molecule is CSc1ccccc1C1=N[C@@H](c2ccccc2)CO1. The minimum absolute atomic E-state index is 0.117. The quantitative estimate of drug-likeness (QED) is 0.787. The lowest BCUT2D eigenvalue weighted by atomic mass is 10.1. The molecule has 1 atom stereocenters. The molecule has 0 spiro atoms. The molecule has 2 aromatic carbocycles. The molecule has 0 saturated heterocycles. The second-order valence-corrected chi connectivity index (χ2v) is 5.22. The molecule has 96 valence electrons. The molecule has 1 aliphatic rings. The van der Waals surface area contributed by atoms with Crippen LogP contribution in [0, 0.1) is 0 Å². The minimum atomic E-state index is 0.117. The highest BCUT2D eigenvalue weighted by atomic mass is 32.2. The van der Waals surface area contributed by atoms with Gasteiger partial charge in [0.1, 0.15) is 12.6 Å². The van der Waals surface area contributed by atoms with Crippen molar-refractivity contribution in [3.8, 4) is 0 Å². The van der Waals surface area contributed by atoms with E-state index in [1.54, 1.807) is 11.8 Å². The molecule has 2 nitrogen and oxygen atoms in total. The molecule has 1 heterocycles. The number of ether oxygens (including phenoxy) is 1. The second kappa shape index (κ2) is 5.49. The maximum absolute atomic E-state index is 5.79. The van der Waals surface area contributed by atoms with Crippen molar-refractivity contribution in [2.24, 2.45) is 4.99 Å². The summed E-state index contributed by atoms with van der Waals surface area (Å²) in [5, 5.41) is 0. The lowest BCUT2D eigenvalue weighted by molar-refractivity contribution is 0.319. The third-order valence-corrected chi connectivity index (χ3v) is 3.97. The van der Waals surface area contributed by atoms with E-state index in [1.165, 1.54) is 10.5 Å². The van der Waals surface area contributed by atoms with E-state index in [4.69, 9.17) is 9.73 Å². The van der Waals surface area contributed by atoms with E-state index < -0.39 is 0 Å². The average molecular weight is 269 g/mol. The maximum atomic E-state index is 5.79. The molecule has 0 N–H and O–H groups in total.